The van der Waals surface area contributed by atoms with Crippen LogP contribution in [0.2, 0.25) is 0 Å². The fraction of sp³-hybridized carbons (Fsp3) is 0.688. The van der Waals surface area contributed by atoms with Crippen LogP contribution in [0.25, 0.3) is 0 Å². The molecule has 1 aromatic heterocycles. The van der Waals surface area contributed by atoms with Gasteiger partial charge in [-0.05, 0) is 38.5 Å². The molecule has 3 aliphatic rings. The zero-order valence-corrected chi connectivity index (χ0v) is 13.0. The summed E-state index contributed by atoms with van der Waals surface area (Å²) in [6, 6.07) is 0.426. The molecule has 1 saturated carbocycles. The van der Waals surface area contributed by atoms with Crippen molar-refractivity contribution >= 4 is 11.8 Å². The summed E-state index contributed by atoms with van der Waals surface area (Å²) in [5.41, 5.74) is -0.607. The van der Waals surface area contributed by atoms with Gasteiger partial charge in [-0.3, -0.25) is 9.59 Å². The van der Waals surface area contributed by atoms with Crippen LogP contribution in [0, 0.1) is 0 Å². The average molecular weight is 302 g/mol. The van der Waals surface area contributed by atoms with Gasteiger partial charge in [-0.15, -0.1) is 0 Å². The number of amides is 2. The summed E-state index contributed by atoms with van der Waals surface area (Å²) in [7, 11) is 1.82. The van der Waals surface area contributed by atoms with Crippen LogP contribution in [0.5, 0.6) is 0 Å². The standard InChI is InChI=1S/C16H22N4O2/c1-18-11-8-17-13(18)14(21)20-10-3-7-16(20)6-2-9-19(15(16)22)12-4-5-12/h8,11-12H,2-7,9-10H2,1H3. The number of aromatic nitrogens is 2. The lowest BCUT2D eigenvalue weighted by atomic mass is 9.85. The Morgan fingerprint density at radius 3 is 2.64 bits per heavy atom. The molecule has 0 N–H and O–H groups in total. The Kier molecular flexibility index (Phi) is 3.03. The van der Waals surface area contributed by atoms with Crippen molar-refractivity contribution < 1.29 is 9.59 Å². The summed E-state index contributed by atoms with van der Waals surface area (Å²) >= 11 is 0. The minimum atomic E-state index is -0.607. The first-order chi connectivity index (χ1) is 10.6. The van der Waals surface area contributed by atoms with Crippen LogP contribution in [0.4, 0.5) is 0 Å². The van der Waals surface area contributed by atoms with E-state index < -0.39 is 5.54 Å². The van der Waals surface area contributed by atoms with E-state index in [1.807, 2.05) is 16.8 Å². The molecule has 1 atom stereocenters. The average Bonchev–Trinajstić information content (AvgIpc) is 3.12. The van der Waals surface area contributed by atoms with Gasteiger partial charge in [0.05, 0.1) is 0 Å². The van der Waals surface area contributed by atoms with Gasteiger partial charge in [-0.25, -0.2) is 4.98 Å². The quantitative estimate of drug-likeness (QED) is 0.824. The smallest absolute Gasteiger partial charge is 0.290 e. The zero-order chi connectivity index (χ0) is 15.3. The van der Waals surface area contributed by atoms with E-state index in [0.717, 1.165) is 45.1 Å². The van der Waals surface area contributed by atoms with Gasteiger partial charge in [0.25, 0.3) is 5.91 Å². The largest absolute Gasteiger partial charge is 0.338 e. The molecule has 1 spiro atoms. The summed E-state index contributed by atoms with van der Waals surface area (Å²) in [6.07, 6.45) is 9.14. The first-order valence-corrected chi connectivity index (χ1v) is 8.24. The van der Waals surface area contributed by atoms with Crippen molar-refractivity contribution in [1.82, 2.24) is 19.4 Å². The molecule has 3 heterocycles. The number of likely N-dealkylation sites (tertiary alicyclic amines) is 2. The molecule has 0 aromatic carbocycles. The third-order valence-corrected chi connectivity index (χ3v) is 5.38. The minimum absolute atomic E-state index is 0.101. The zero-order valence-electron chi connectivity index (χ0n) is 13.0. The summed E-state index contributed by atoms with van der Waals surface area (Å²) < 4.78 is 1.74. The molecule has 1 aliphatic carbocycles. The molecule has 1 unspecified atom stereocenters. The van der Waals surface area contributed by atoms with E-state index in [1.54, 1.807) is 17.0 Å². The molecule has 1 aromatic rings. The fourth-order valence-electron chi connectivity index (χ4n) is 4.10. The van der Waals surface area contributed by atoms with Crippen molar-refractivity contribution in [2.24, 2.45) is 7.05 Å². The number of rotatable bonds is 2. The third kappa shape index (κ3) is 1.89. The Hall–Kier alpha value is -1.85. The van der Waals surface area contributed by atoms with Crippen LogP contribution in [0.3, 0.4) is 0 Å². The molecule has 2 amide bonds. The van der Waals surface area contributed by atoms with Crippen molar-refractivity contribution in [3.63, 3.8) is 0 Å². The summed E-state index contributed by atoms with van der Waals surface area (Å²) in [4.78, 5) is 34.0. The molecule has 22 heavy (non-hydrogen) atoms. The molecule has 6 nitrogen and oxygen atoms in total. The minimum Gasteiger partial charge on any atom is -0.338 e. The molecule has 6 heteroatoms. The van der Waals surface area contributed by atoms with E-state index >= 15 is 0 Å². The van der Waals surface area contributed by atoms with Crippen LogP contribution >= 0.6 is 0 Å². The van der Waals surface area contributed by atoms with E-state index in [0.29, 0.717) is 18.4 Å². The number of aryl methyl sites for hydroxylation is 1. The maximum atomic E-state index is 13.1. The van der Waals surface area contributed by atoms with Gasteiger partial charge in [0.2, 0.25) is 5.91 Å². The lowest BCUT2D eigenvalue weighted by molar-refractivity contribution is -0.146. The number of hydrogen-bond donors (Lipinski definition) is 0. The molecule has 0 radical (unpaired) electrons. The Labute approximate surface area is 130 Å². The van der Waals surface area contributed by atoms with Crippen molar-refractivity contribution in [2.45, 2.75) is 50.1 Å². The van der Waals surface area contributed by atoms with Gasteiger partial charge in [-0.1, -0.05) is 0 Å². The molecule has 118 valence electrons. The molecular formula is C16H22N4O2. The topological polar surface area (TPSA) is 58.4 Å². The number of hydrogen-bond acceptors (Lipinski definition) is 3. The monoisotopic (exact) mass is 302 g/mol. The van der Waals surface area contributed by atoms with E-state index in [1.165, 1.54) is 0 Å². The second-order valence-electron chi connectivity index (χ2n) is 6.79. The van der Waals surface area contributed by atoms with Crippen LogP contribution < -0.4 is 0 Å². The first kappa shape index (κ1) is 13.8. The van der Waals surface area contributed by atoms with Gasteiger partial charge >= 0.3 is 0 Å². The highest BCUT2D eigenvalue weighted by molar-refractivity contribution is 5.98. The summed E-state index contributed by atoms with van der Waals surface area (Å²) in [5.74, 6) is 0.509. The number of piperidine rings is 1. The molecule has 0 bridgehead atoms. The van der Waals surface area contributed by atoms with Gasteiger partial charge in [0.15, 0.2) is 5.82 Å². The van der Waals surface area contributed by atoms with Gasteiger partial charge in [-0.2, -0.15) is 0 Å². The highest BCUT2D eigenvalue weighted by atomic mass is 16.2. The number of carbonyl (C=O) groups is 2. The van der Waals surface area contributed by atoms with Crippen molar-refractivity contribution in [3.8, 4) is 0 Å². The number of carbonyl (C=O) groups excluding carboxylic acids is 2. The van der Waals surface area contributed by atoms with Crippen LogP contribution in [-0.4, -0.2) is 55.8 Å². The lowest BCUT2D eigenvalue weighted by Gasteiger charge is -2.44. The van der Waals surface area contributed by atoms with Crippen LogP contribution in [0.1, 0.15) is 49.1 Å². The number of nitrogens with zero attached hydrogens (tertiary/aromatic N) is 4. The molecule has 3 fully saturated rings. The van der Waals surface area contributed by atoms with Crippen molar-refractivity contribution in [2.75, 3.05) is 13.1 Å². The lowest BCUT2D eigenvalue weighted by Crippen LogP contribution is -2.61. The Morgan fingerprint density at radius 2 is 2.00 bits per heavy atom. The second-order valence-corrected chi connectivity index (χ2v) is 6.79. The van der Waals surface area contributed by atoms with Gasteiger partial charge in [0.1, 0.15) is 5.54 Å². The molecule has 4 rings (SSSR count). The maximum Gasteiger partial charge on any atom is 0.290 e. The van der Waals surface area contributed by atoms with E-state index in [4.69, 9.17) is 0 Å². The predicted molar refractivity (Wildman–Crippen MR) is 80.2 cm³/mol. The second kappa shape index (κ2) is 4.83. The Balaban J connectivity index is 1.66. The normalized spacial score (nSPS) is 28.7. The van der Waals surface area contributed by atoms with Crippen LogP contribution in [0.15, 0.2) is 12.4 Å². The summed E-state index contributed by atoms with van der Waals surface area (Å²) in [6.45, 7) is 1.52. The maximum absolute atomic E-state index is 13.1. The first-order valence-electron chi connectivity index (χ1n) is 8.24. The Bertz CT molecular complexity index is 621. The summed E-state index contributed by atoms with van der Waals surface area (Å²) in [5, 5.41) is 0. The molecule has 2 aliphatic heterocycles. The SMILES string of the molecule is Cn1ccnc1C(=O)N1CCCC12CCCN(C1CC1)C2=O. The Morgan fingerprint density at radius 1 is 1.27 bits per heavy atom. The number of imidazole rings is 1. The third-order valence-electron chi connectivity index (χ3n) is 5.38. The van der Waals surface area contributed by atoms with E-state index in [-0.39, 0.29) is 11.8 Å². The molecular weight excluding hydrogens is 280 g/mol. The van der Waals surface area contributed by atoms with Crippen molar-refractivity contribution in [1.29, 1.82) is 0 Å². The van der Waals surface area contributed by atoms with Crippen LogP contribution in [-0.2, 0) is 11.8 Å². The van der Waals surface area contributed by atoms with E-state index in [9.17, 15) is 9.59 Å². The van der Waals surface area contributed by atoms with Gasteiger partial charge < -0.3 is 14.4 Å². The molecule has 2 saturated heterocycles. The fourth-order valence-corrected chi connectivity index (χ4v) is 4.10. The highest BCUT2D eigenvalue weighted by Crippen LogP contribution is 2.42. The van der Waals surface area contributed by atoms with Gasteiger partial charge in [0, 0.05) is 38.6 Å². The van der Waals surface area contributed by atoms with E-state index in [2.05, 4.69) is 4.98 Å². The predicted octanol–water partition coefficient (Wildman–Crippen LogP) is 1.18. The highest BCUT2D eigenvalue weighted by Gasteiger charge is 2.55. The van der Waals surface area contributed by atoms with Crippen molar-refractivity contribution in [3.05, 3.63) is 18.2 Å².